The van der Waals surface area contributed by atoms with Gasteiger partial charge in [-0.2, -0.15) is 0 Å². The molecule has 0 aliphatic carbocycles. The molecule has 0 spiro atoms. The first-order valence-electron chi connectivity index (χ1n) is 10.1. The van der Waals surface area contributed by atoms with Gasteiger partial charge >= 0.3 is 0 Å². The van der Waals surface area contributed by atoms with Crippen LogP contribution in [0.25, 0.3) is 11.0 Å². The van der Waals surface area contributed by atoms with Gasteiger partial charge < -0.3 is 9.87 Å². The Morgan fingerprint density at radius 1 is 1.06 bits per heavy atom. The van der Waals surface area contributed by atoms with E-state index in [0.29, 0.717) is 16.6 Å². The average Bonchev–Trinajstić information content (AvgIpc) is 2.84. The number of carbonyl (C=O) groups excluding carboxylic acids is 1. The zero-order chi connectivity index (χ0) is 23.4. The van der Waals surface area contributed by atoms with E-state index < -0.39 is 17.2 Å². The Bertz CT molecular complexity index is 1310. The third-order valence-corrected chi connectivity index (χ3v) is 6.17. The lowest BCUT2D eigenvalue weighted by Crippen LogP contribution is -2.30. The minimum absolute atomic E-state index is 0.157. The third-order valence-electron chi connectivity index (χ3n) is 5.17. The van der Waals surface area contributed by atoms with Gasteiger partial charge in [-0.05, 0) is 42.3 Å². The maximum atomic E-state index is 13.3. The average molecular weight is 480 g/mol. The van der Waals surface area contributed by atoms with Crippen molar-refractivity contribution in [2.45, 2.75) is 18.8 Å². The molecule has 0 aliphatic rings. The number of amides is 1. The molecule has 0 radical (unpaired) electrons. The number of halogens is 1. The quantitative estimate of drug-likeness (QED) is 0.303. The number of rotatable bonds is 7. The lowest BCUT2D eigenvalue weighted by Gasteiger charge is -2.29. The van der Waals surface area contributed by atoms with E-state index in [2.05, 4.69) is 15.3 Å². The molecule has 0 aliphatic heterocycles. The highest BCUT2D eigenvalue weighted by Gasteiger charge is 2.23. The highest BCUT2D eigenvalue weighted by molar-refractivity contribution is 7.81. The van der Waals surface area contributed by atoms with Crippen LogP contribution in [0.1, 0.15) is 34.5 Å². The zero-order valence-corrected chi connectivity index (χ0v) is 19.2. The molecule has 2 unspecified atom stereocenters. The Balaban J connectivity index is 1.81. The summed E-state index contributed by atoms with van der Waals surface area (Å²) < 4.78 is 26.0. The number of nitrogens with one attached hydrogen (secondary N) is 1. The van der Waals surface area contributed by atoms with Gasteiger partial charge in [0.15, 0.2) is 0 Å². The van der Waals surface area contributed by atoms with Crippen LogP contribution in [-0.2, 0) is 17.1 Å². The Labute approximate surface area is 198 Å². The van der Waals surface area contributed by atoms with E-state index in [9.17, 15) is 13.6 Å². The molecule has 1 N–H and O–H groups in total. The van der Waals surface area contributed by atoms with Crippen LogP contribution in [0.4, 0.5) is 11.4 Å². The molecule has 4 aromatic rings. The monoisotopic (exact) mass is 479 g/mol. The van der Waals surface area contributed by atoms with Crippen LogP contribution < -0.4 is 9.62 Å². The largest absolute Gasteiger partial charge is 0.755 e. The summed E-state index contributed by atoms with van der Waals surface area (Å²) in [6.45, 7) is 1.86. The number of aromatic nitrogens is 2. The summed E-state index contributed by atoms with van der Waals surface area (Å²) in [6.07, 6.45) is 3.02. The summed E-state index contributed by atoms with van der Waals surface area (Å²) in [6, 6.07) is 19.1. The van der Waals surface area contributed by atoms with Gasteiger partial charge in [-0.3, -0.25) is 23.3 Å². The first-order valence-corrected chi connectivity index (χ1v) is 11.7. The fraction of sp³-hybridized carbons (Fsp3) is 0.125. The molecule has 1 amide bonds. The summed E-state index contributed by atoms with van der Waals surface area (Å²) in [5.41, 5.74) is 3.17. The number of nitrogens with zero attached hydrogens (tertiary/aromatic N) is 3. The number of alkyl halides is 1. The molecule has 0 saturated heterocycles. The number of hydrogen-bond donors (Lipinski definition) is 1. The molecular weight excluding hydrogens is 460 g/mol. The fourth-order valence-corrected chi connectivity index (χ4v) is 4.34. The lowest BCUT2D eigenvalue weighted by molar-refractivity contribution is 0.0940. The van der Waals surface area contributed by atoms with E-state index in [1.165, 1.54) is 12.4 Å². The molecule has 33 heavy (non-hydrogen) atoms. The second-order valence-electron chi connectivity index (χ2n) is 7.30. The second kappa shape index (κ2) is 10.1. The van der Waals surface area contributed by atoms with Gasteiger partial charge in [0.05, 0.1) is 39.8 Å². The maximum Gasteiger partial charge on any atom is 0.253 e. The summed E-state index contributed by atoms with van der Waals surface area (Å²) >= 11 is 3.27. The van der Waals surface area contributed by atoms with E-state index in [4.69, 9.17) is 11.6 Å². The summed E-state index contributed by atoms with van der Waals surface area (Å²) in [5, 5.41) is 2.95. The SMILES string of the molecule is CC(NC(=O)c1ccc(CCl)cc1N(c1cccc2nccnc12)S(=O)[O-])c1ccccc1. The van der Waals surface area contributed by atoms with Crippen molar-refractivity contribution in [3.63, 3.8) is 0 Å². The van der Waals surface area contributed by atoms with Gasteiger partial charge in [-0.25, -0.2) is 0 Å². The smallest absolute Gasteiger partial charge is 0.253 e. The number of para-hydroxylation sites is 1. The highest BCUT2D eigenvalue weighted by Crippen LogP contribution is 2.35. The van der Waals surface area contributed by atoms with Gasteiger partial charge in [0, 0.05) is 18.3 Å². The Hall–Kier alpha value is -3.33. The van der Waals surface area contributed by atoms with E-state index in [0.717, 1.165) is 9.87 Å². The number of hydrogen-bond acceptors (Lipinski definition) is 5. The number of benzene rings is 3. The van der Waals surface area contributed by atoms with Crippen molar-refractivity contribution in [2.24, 2.45) is 0 Å². The first-order chi connectivity index (χ1) is 16.0. The van der Waals surface area contributed by atoms with Crippen molar-refractivity contribution in [3.05, 3.63) is 95.8 Å². The molecule has 1 heterocycles. The Kier molecular flexibility index (Phi) is 6.98. The predicted octanol–water partition coefficient (Wildman–Crippen LogP) is 4.79. The van der Waals surface area contributed by atoms with Crippen molar-refractivity contribution in [3.8, 4) is 0 Å². The van der Waals surface area contributed by atoms with Gasteiger partial charge in [0.2, 0.25) is 0 Å². The van der Waals surface area contributed by atoms with Crippen molar-refractivity contribution < 1.29 is 13.6 Å². The molecule has 0 fully saturated rings. The van der Waals surface area contributed by atoms with Crippen LogP contribution in [0.15, 0.2) is 79.1 Å². The Morgan fingerprint density at radius 2 is 1.82 bits per heavy atom. The third kappa shape index (κ3) is 4.88. The first kappa shape index (κ1) is 22.8. The van der Waals surface area contributed by atoms with Crippen LogP contribution in [-0.4, -0.2) is 24.6 Å². The van der Waals surface area contributed by atoms with E-state index in [1.54, 1.807) is 36.4 Å². The van der Waals surface area contributed by atoms with Crippen molar-refractivity contribution in [2.75, 3.05) is 4.31 Å². The molecule has 9 heteroatoms. The van der Waals surface area contributed by atoms with E-state index >= 15 is 0 Å². The molecule has 2 atom stereocenters. The standard InChI is InChI=1S/C24H21ClN4O3S/c1-16(18-6-3-2-4-7-18)28-24(30)19-11-10-17(15-25)14-22(19)29(33(31)32)21-9-5-8-20-23(21)27-13-12-26-20/h2-14,16H,15H2,1H3,(H,28,30)(H,31,32)/p-1. The predicted molar refractivity (Wildman–Crippen MR) is 129 cm³/mol. The van der Waals surface area contributed by atoms with E-state index in [1.807, 2.05) is 37.3 Å². The molecule has 0 saturated carbocycles. The molecule has 3 aromatic carbocycles. The molecule has 4 rings (SSSR count). The lowest BCUT2D eigenvalue weighted by atomic mass is 10.1. The van der Waals surface area contributed by atoms with E-state index in [-0.39, 0.29) is 28.9 Å². The topological polar surface area (TPSA) is 98.2 Å². The van der Waals surface area contributed by atoms with Crippen molar-refractivity contribution >= 4 is 51.2 Å². The van der Waals surface area contributed by atoms with Gasteiger partial charge in [-0.1, -0.05) is 42.5 Å². The molecule has 0 bridgehead atoms. The minimum Gasteiger partial charge on any atom is -0.755 e. The van der Waals surface area contributed by atoms with Gasteiger partial charge in [0.25, 0.3) is 5.91 Å². The molecule has 168 valence electrons. The van der Waals surface area contributed by atoms with Crippen LogP contribution in [0.2, 0.25) is 0 Å². The number of fused-ring (bicyclic) bond motifs is 1. The van der Waals surface area contributed by atoms with Gasteiger partial charge in [-0.15, -0.1) is 11.6 Å². The molecule has 1 aromatic heterocycles. The molecule has 7 nitrogen and oxygen atoms in total. The van der Waals surface area contributed by atoms with Crippen LogP contribution in [0, 0.1) is 0 Å². The van der Waals surface area contributed by atoms with Crippen molar-refractivity contribution in [1.29, 1.82) is 0 Å². The molecular formula is C24H20ClN4O3S-. The summed E-state index contributed by atoms with van der Waals surface area (Å²) in [4.78, 5) is 21.8. The van der Waals surface area contributed by atoms with Crippen molar-refractivity contribution in [1.82, 2.24) is 15.3 Å². The second-order valence-corrected chi connectivity index (χ2v) is 8.37. The van der Waals surface area contributed by atoms with Crippen LogP contribution >= 0.6 is 11.6 Å². The van der Waals surface area contributed by atoms with Crippen LogP contribution in [0.3, 0.4) is 0 Å². The normalized spacial score (nSPS) is 12.8. The minimum atomic E-state index is -2.75. The summed E-state index contributed by atoms with van der Waals surface area (Å²) in [7, 11) is 0. The summed E-state index contributed by atoms with van der Waals surface area (Å²) in [5.74, 6) is -0.256. The van der Waals surface area contributed by atoms with Crippen LogP contribution in [0.5, 0.6) is 0 Å². The maximum absolute atomic E-state index is 13.3. The number of anilines is 2. The highest BCUT2D eigenvalue weighted by atomic mass is 35.5. The van der Waals surface area contributed by atoms with Gasteiger partial charge in [0.1, 0.15) is 5.52 Å². The Morgan fingerprint density at radius 3 is 2.55 bits per heavy atom. The fourth-order valence-electron chi connectivity index (χ4n) is 3.55. The number of carbonyl (C=O) groups is 1. The zero-order valence-electron chi connectivity index (χ0n) is 17.6.